The largest absolute Gasteiger partial charge is 0.314 e. The zero-order valence-corrected chi connectivity index (χ0v) is 9.77. The van der Waals surface area contributed by atoms with Crippen LogP contribution in [0.5, 0.6) is 0 Å². The standard InChI is InChI=1S/C9H20N2.C2H6/c1-3-10-9-5-7-11(4-2)8-6-9;1-2/h9-10H,3-8H2,1-2H3;1-2H3. The molecule has 0 aromatic heterocycles. The lowest BCUT2D eigenvalue weighted by Crippen LogP contribution is -2.42. The third kappa shape index (κ3) is 5.27. The molecule has 1 aliphatic rings. The molecule has 0 aliphatic carbocycles. The first-order valence-corrected chi connectivity index (χ1v) is 5.82. The maximum Gasteiger partial charge on any atom is 0.00912 e. The predicted octanol–water partition coefficient (Wildman–Crippen LogP) is 2.11. The Morgan fingerprint density at radius 3 is 2.08 bits per heavy atom. The van der Waals surface area contributed by atoms with Crippen LogP contribution >= 0.6 is 0 Å². The molecule has 0 spiro atoms. The number of nitrogens with one attached hydrogen (secondary N) is 1. The molecule has 1 heterocycles. The van der Waals surface area contributed by atoms with Crippen molar-refractivity contribution in [1.82, 2.24) is 10.2 Å². The van der Waals surface area contributed by atoms with Crippen LogP contribution in [-0.4, -0.2) is 37.1 Å². The van der Waals surface area contributed by atoms with Crippen molar-refractivity contribution >= 4 is 0 Å². The summed E-state index contributed by atoms with van der Waals surface area (Å²) in [7, 11) is 0. The molecule has 0 unspecified atom stereocenters. The van der Waals surface area contributed by atoms with Crippen LogP contribution in [0.2, 0.25) is 0 Å². The van der Waals surface area contributed by atoms with Crippen molar-refractivity contribution in [2.45, 2.75) is 46.6 Å². The molecule has 1 N–H and O–H groups in total. The lowest BCUT2D eigenvalue weighted by atomic mass is 10.1. The second kappa shape index (κ2) is 8.52. The molecule has 2 heteroatoms. The maximum absolute atomic E-state index is 3.50. The summed E-state index contributed by atoms with van der Waals surface area (Å²) >= 11 is 0. The van der Waals surface area contributed by atoms with Crippen molar-refractivity contribution in [3.8, 4) is 0 Å². The first kappa shape index (κ1) is 12.9. The first-order valence-electron chi connectivity index (χ1n) is 5.82. The molecule has 1 fully saturated rings. The second-order valence-corrected chi connectivity index (χ2v) is 3.27. The molecule has 0 atom stereocenters. The van der Waals surface area contributed by atoms with E-state index in [0.717, 1.165) is 12.6 Å². The van der Waals surface area contributed by atoms with Crippen molar-refractivity contribution in [1.29, 1.82) is 0 Å². The topological polar surface area (TPSA) is 15.3 Å². The van der Waals surface area contributed by atoms with E-state index in [1.165, 1.54) is 32.5 Å². The molecule has 0 aromatic carbocycles. The third-order valence-corrected chi connectivity index (χ3v) is 2.53. The van der Waals surface area contributed by atoms with Gasteiger partial charge in [-0.15, -0.1) is 0 Å². The molecule has 1 aliphatic heterocycles. The van der Waals surface area contributed by atoms with E-state index in [2.05, 4.69) is 24.1 Å². The van der Waals surface area contributed by atoms with Crippen LogP contribution in [0.25, 0.3) is 0 Å². The quantitative estimate of drug-likeness (QED) is 0.726. The van der Waals surface area contributed by atoms with Gasteiger partial charge in [0, 0.05) is 6.04 Å². The highest BCUT2D eigenvalue weighted by Gasteiger charge is 2.15. The van der Waals surface area contributed by atoms with Gasteiger partial charge in [-0.05, 0) is 39.0 Å². The fourth-order valence-electron chi connectivity index (χ4n) is 1.74. The molecule has 0 amide bonds. The Balaban J connectivity index is 0.000000671. The van der Waals surface area contributed by atoms with Gasteiger partial charge in [-0.2, -0.15) is 0 Å². The van der Waals surface area contributed by atoms with Gasteiger partial charge in [0.25, 0.3) is 0 Å². The molecule has 0 aromatic rings. The van der Waals surface area contributed by atoms with E-state index in [0.29, 0.717) is 0 Å². The zero-order valence-electron chi connectivity index (χ0n) is 9.77. The van der Waals surface area contributed by atoms with Crippen LogP contribution in [0.15, 0.2) is 0 Å². The molecule has 0 saturated carbocycles. The van der Waals surface area contributed by atoms with E-state index < -0.39 is 0 Å². The van der Waals surface area contributed by atoms with Gasteiger partial charge in [-0.3, -0.25) is 0 Å². The SMILES string of the molecule is CC.CCNC1CCN(CC)CC1. The summed E-state index contributed by atoms with van der Waals surface area (Å²) in [6, 6.07) is 0.794. The smallest absolute Gasteiger partial charge is 0.00912 e. The zero-order chi connectivity index (χ0) is 10.1. The monoisotopic (exact) mass is 186 g/mol. The van der Waals surface area contributed by atoms with Crippen molar-refractivity contribution in [2.24, 2.45) is 0 Å². The lowest BCUT2D eigenvalue weighted by molar-refractivity contribution is 0.208. The average molecular weight is 186 g/mol. The summed E-state index contributed by atoms with van der Waals surface area (Å²) in [4.78, 5) is 2.52. The molecular weight excluding hydrogens is 160 g/mol. The number of nitrogens with zero attached hydrogens (tertiary/aromatic N) is 1. The van der Waals surface area contributed by atoms with E-state index >= 15 is 0 Å². The second-order valence-electron chi connectivity index (χ2n) is 3.27. The minimum absolute atomic E-state index is 0.794. The molecule has 0 radical (unpaired) electrons. The Hall–Kier alpha value is -0.0800. The first-order chi connectivity index (χ1) is 6.36. The third-order valence-electron chi connectivity index (χ3n) is 2.53. The van der Waals surface area contributed by atoms with Crippen molar-refractivity contribution in [3.63, 3.8) is 0 Å². The van der Waals surface area contributed by atoms with Gasteiger partial charge in [0.1, 0.15) is 0 Å². The lowest BCUT2D eigenvalue weighted by Gasteiger charge is -2.31. The molecule has 13 heavy (non-hydrogen) atoms. The minimum Gasteiger partial charge on any atom is -0.314 e. The molecule has 2 nitrogen and oxygen atoms in total. The van der Waals surface area contributed by atoms with E-state index in [-0.39, 0.29) is 0 Å². The van der Waals surface area contributed by atoms with Gasteiger partial charge >= 0.3 is 0 Å². The Kier molecular flexibility index (Phi) is 8.46. The summed E-state index contributed by atoms with van der Waals surface area (Å²) in [6.45, 7) is 13.3. The number of hydrogen-bond donors (Lipinski definition) is 1. The fourth-order valence-corrected chi connectivity index (χ4v) is 1.74. The summed E-state index contributed by atoms with van der Waals surface area (Å²) < 4.78 is 0. The molecule has 1 saturated heterocycles. The normalized spacial score (nSPS) is 19.4. The number of likely N-dealkylation sites (tertiary alicyclic amines) is 1. The van der Waals surface area contributed by atoms with E-state index in [1.807, 2.05) is 13.8 Å². The van der Waals surface area contributed by atoms with Crippen molar-refractivity contribution in [2.75, 3.05) is 26.2 Å². The fraction of sp³-hybridized carbons (Fsp3) is 1.00. The maximum atomic E-state index is 3.50. The molecular formula is C11H26N2. The predicted molar refractivity (Wildman–Crippen MR) is 60.2 cm³/mol. The highest BCUT2D eigenvalue weighted by atomic mass is 15.1. The van der Waals surface area contributed by atoms with Gasteiger partial charge in [-0.1, -0.05) is 27.7 Å². The molecule has 80 valence electrons. The van der Waals surface area contributed by atoms with E-state index in [9.17, 15) is 0 Å². The van der Waals surface area contributed by atoms with Gasteiger partial charge < -0.3 is 10.2 Å². The van der Waals surface area contributed by atoms with Crippen molar-refractivity contribution < 1.29 is 0 Å². The van der Waals surface area contributed by atoms with Crippen LogP contribution < -0.4 is 5.32 Å². The summed E-state index contributed by atoms with van der Waals surface area (Å²) in [6.07, 6.45) is 2.67. The van der Waals surface area contributed by atoms with Crippen LogP contribution in [0.1, 0.15) is 40.5 Å². The van der Waals surface area contributed by atoms with Crippen molar-refractivity contribution in [3.05, 3.63) is 0 Å². The average Bonchev–Trinajstić information content (AvgIpc) is 2.23. The van der Waals surface area contributed by atoms with Gasteiger partial charge in [0.2, 0.25) is 0 Å². The van der Waals surface area contributed by atoms with Gasteiger partial charge in [0.05, 0.1) is 0 Å². The summed E-state index contributed by atoms with van der Waals surface area (Å²) in [5.74, 6) is 0. The molecule has 0 bridgehead atoms. The van der Waals surface area contributed by atoms with E-state index in [1.54, 1.807) is 0 Å². The summed E-state index contributed by atoms with van der Waals surface area (Å²) in [5, 5.41) is 3.50. The highest BCUT2D eigenvalue weighted by Crippen LogP contribution is 2.08. The number of rotatable bonds is 3. The Morgan fingerprint density at radius 1 is 1.15 bits per heavy atom. The summed E-state index contributed by atoms with van der Waals surface area (Å²) in [5.41, 5.74) is 0. The van der Waals surface area contributed by atoms with Crippen LogP contribution in [0, 0.1) is 0 Å². The Morgan fingerprint density at radius 2 is 1.69 bits per heavy atom. The van der Waals surface area contributed by atoms with Crippen LogP contribution in [0.3, 0.4) is 0 Å². The number of hydrogen-bond acceptors (Lipinski definition) is 2. The van der Waals surface area contributed by atoms with Crippen LogP contribution in [0.4, 0.5) is 0 Å². The van der Waals surface area contributed by atoms with E-state index in [4.69, 9.17) is 0 Å². The Labute approximate surface area is 83.7 Å². The highest BCUT2D eigenvalue weighted by molar-refractivity contribution is 4.75. The van der Waals surface area contributed by atoms with Gasteiger partial charge in [0.15, 0.2) is 0 Å². The van der Waals surface area contributed by atoms with Crippen LogP contribution in [-0.2, 0) is 0 Å². The minimum atomic E-state index is 0.794. The van der Waals surface area contributed by atoms with Gasteiger partial charge in [-0.25, -0.2) is 0 Å². The Bertz CT molecular complexity index is 96.3. The number of piperidine rings is 1. The molecule has 1 rings (SSSR count).